The van der Waals surface area contributed by atoms with Gasteiger partial charge in [-0.05, 0) is 29.7 Å². The third-order valence-electron chi connectivity index (χ3n) is 5.15. The lowest BCUT2D eigenvalue weighted by Gasteiger charge is -2.36. The minimum Gasteiger partial charge on any atom is -0.356 e. The van der Waals surface area contributed by atoms with Crippen molar-refractivity contribution >= 4 is 39.7 Å². The molecule has 2 aromatic carbocycles. The summed E-state index contributed by atoms with van der Waals surface area (Å²) in [6.07, 6.45) is 0.802. The number of fused-ring (bicyclic) bond motifs is 3. The standard InChI is InChI=1S/C21H16ClN3OS/c22-16-7-3-1-6-15(16)20-19-14(13-5-2-4-8-17(13)24-19)9-10-25(20)21(26)18-11-27-12-23-18/h1-8,11-12,20,24H,9-10H2/t20-/m1/s1. The predicted molar refractivity (Wildman–Crippen MR) is 108 cm³/mol. The van der Waals surface area contributed by atoms with Gasteiger partial charge in [-0.3, -0.25) is 4.79 Å². The summed E-state index contributed by atoms with van der Waals surface area (Å²) in [5.41, 5.74) is 6.49. The maximum Gasteiger partial charge on any atom is 0.274 e. The number of hydrogen-bond acceptors (Lipinski definition) is 3. The summed E-state index contributed by atoms with van der Waals surface area (Å²) in [5.74, 6) is -0.0644. The van der Waals surface area contributed by atoms with E-state index in [1.165, 1.54) is 22.3 Å². The van der Waals surface area contributed by atoms with Crippen molar-refractivity contribution < 1.29 is 4.79 Å². The molecule has 0 bridgehead atoms. The number of carbonyl (C=O) groups is 1. The minimum atomic E-state index is -0.260. The van der Waals surface area contributed by atoms with E-state index < -0.39 is 0 Å². The van der Waals surface area contributed by atoms with E-state index in [0.29, 0.717) is 17.3 Å². The Labute approximate surface area is 165 Å². The molecule has 6 heteroatoms. The van der Waals surface area contributed by atoms with Crippen molar-refractivity contribution in [3.8, 4) is 0 Å². The second kappa shape index (κ2) is 6.51. The van der Waals surface area contributed by atoms with Gasteiger partial charge >= 0.3 is 0 Å². The number of nitrogens with one attached hydrogen (secondary N) is 1. The van der Waals surface area contributed by atoms with E-state index in [9.17, 15) is 4.79 Å². The zero-order chi connectivity index (χ0) is 18.4. The summed E-state index contributed by atoms with van der Waals surface area (Å²) in [6.45, 7) is 0.626. The maximum atomic E-state index is 13.2. The van der Waals surface area contributed by atoms with Crippen molar-refractivity contribution in [1.82, 2.24) is 14.9 Å². The number of thiazole rings is 1. The zero-order valence-corrected chi connectivity index (χ0v) is 15.9. The van der Waals surface area contributed by atoms with Crippen LogP contribution in [0.15, 0.2) is 59.4 Å². The molecular formula is C21H16ClN3OS. The first-order valence-electron chi connectivity index (χ1n) is 8.77. The second-order valence-electron chi connectivity index (χ2n) is 6.61. The van der Waals surface area contributed by atoms with Crippen molar-refractivity contribution in [3.63, 3.8) is 0 Å². The van der Waals surface area contributed by atoms with Crippen LogP contribution < -0.4 is 0 Å². The van der Waals surface area contributed by atoms with Crippen LogP contribution >= 0.6 is 22.9 Å². The van der Waals surface area contributed by atoms with Gasteiger partial charge < -0.3 is 9.88 Å². The number of H-pyrrole nitrogens is 1. The second-order valence-corrected chi connectivity index (χ2v) is 7.73. The highest BCUT2D eigenvalue weighted by Gasteiger charge is 2.36. The third kappa shape index (κ3) is 2.66. The summed E-state index contributed by atoms with van der Waals surface area (Å²) < 4.78 is 0. The molecule has 0 spiro atoms. The maximum absolute atomic E-state index is 13.2. The van der Waals surface area contributed by atoms with Crippen LogP contribution in [0.25, 0.3) is 10.9 Å². The van der Waals surface area contributed by atoms with Crippen molar-refractivity contribution in [1.29, 1.82) is 0 Å². The fourth-order valence-electron chi connectivity index (χ4n) is 3.95. The van der Waals surface area contributed by atoms with Crippen LogP contribution in [-0.4, -0.2) is 27.3 Å². The molecule has 0 unspecified atom stereocenters. The molecule has 0 fully saturated rings. The van der Waals surface area contributed by atoms with E-state index in [0.717, 1.165) is 23.2 Å². The van der Waals surface area contributed by atoms with E-state index in [1.54, 1.807) is 10.9 Å². The van der Waals surface area contributed by atoms with E-state index in [4.69, 9.17) is 11.6 Å². The molecular weight excluding hydrogens is 378 g/mol. The Morgan fingerprint density at radius 2 is 2.00 bits per heavy atom. The Balaban J connectivity index is 1.71. The Bertz CT molecular complexity index is 1140. The lowest BCUT2D eigenvalue weighted by molar-refractivity contribution is 0.0687. The van der Waals surface area contributed by atoms with Crippen molar-refractivity contribution in [2.24, 2.45) is 0 Å². The van der Waals surface area contributed by atoms with E-state index >= 15 is 0 Å². The summed E-state index contributed by atoms with van der Waals surface area (Å²) >= 11 is 7.98. The monoisotopic (exact) mass is 393 g/mol. The first kappa shape index (κ1) is 16.5. The molecule has 27 heavy (non-hydrogen) atoms. The van der Waals surface area contributed by atoms with Crippen LogP contribution in [0, 0.1) is 0 Å². The first-order chi connectivity index (χ1) is 13.2. The van der Waals surface area contributed by atoms with Crippen molar-refractivity contribution in [2.75, 3.05) is 6.54 Å². The fourth-order valence-corrected chi connectivity index (χ4v) is 4.71. The van der Waals surface area contributed by atoms with Crippen LogP contribution in [0.5, 0.6) is 0 Å². The Kier molecular flexibility index (Phi) is 3.99. The lowest BCUT2D eigenvalue weighted by atomic mass is 9.92. The van der Waals surface area contributed by atoms with Crippen LogP contribution in [0.3, 0.4) is 0 Å². The van der Waals surface area contributed by atoms with Crippen LogP contribution in [0.1, 0.15) is 33.4 Å². The molecule has 2 aromatic heterocycles. The largest absolute Gasteiger partial charge is 0.356 e. The number of aromatic amines is 1. The first-order valence-corrected chi connectivity index (χ1v) is 10.1. The fraction of sp³-hybridized carbons (Fsp3) is 0.143. The highest BCUT2D eigenvalue weighted by molar-refractivity contribution is 7.07. The molecule has 3 heterocycles. The van der Waals surface area contributed by atoms with Crippen molar-refractivity contribution in [2.45, 2.75) is 12.5 Å². The number of para-hydroxylation sites is 1. The number of amides is 1. The Morgan fingerprint density at radius 1 is 1.19 bits per heavy atom. The highest BCUT2D eigenvalue weighted by atomic mass is 35.5. The number of nitrogens with zero attached hydrogens (tertiary/aromatic N) is 2. The molecule has 134 valence electrons. The number of benzene rings is 2. The summed E-state index contributed by atoms with van der Waals surface area (Å²) in [6, 6.07) is 15.8. The molecule has 0 saturated heterocycles. The summed E-state index contributed by atoms with van der Waals surface area (Å²) in [5, 5.41) is 3.67. The van der Waals surface area contributed by atoms with E-state index in [1.807, 2.05) is 41.3 Å². The van der Waals surface area contributed by atoms with Gasteiger partial charge in [0, 0.05) is 33.5 Å². The van der Waals surface area contributed by atoms with Gasteiger partial charge in [0.2, 0.25) is 0 Å². The SMILES string of the molecule is O=C(c1cscn1)N1CCc2c([nH]c3ccccc23)[C@H]1c1ccccc1Cl. The number of rotatable bonds is 2. The molecule has 0 saturated carbocycles. The van der Waals surface area contributed by atoms with Gasteiger partial charge in [-0.1, -0.05) is 48.0 Å². The minimum absolute atomic E-state index is 0.0644. The highest BCUT2D eigenvalue weighted by Crippen LogP contribution is 2.41. The van der Waals surface area contributed by atoms with Gasteiger partial charge in [0.15, 0.2) is 0 Å². The van der Waals surface area contributed by atoms with Gasteiger partial charge in [0.25, 0.3) is 5.91 Å². The van der Waals surface area contributed by atoms with Crippen molar-refractivity contribution in [3.05, 3.63) is 87.0 Å². The molecule has 1 aliphatic rings. The molecule has 0 aliphatic carbocycles. The van der Waals surface area contributed by atoms with E-state index in [2.05, 4.69) is 22.1 Å². The number of hydrogen-bond donors (Lipinski definition) is 1. The van der Waals surface area contributed by atoms with E-state index in [-0.39, 0.29) is 11.9 Å². The van der Waals surface area contributed by atoms with Crippen LogP contribution in [-0.2, 0) is 6.42 Å². The average Bonchev–Trinajstić information content (AvgIpc) is 3.35. The van der Waals surface area contributed by atoms with Gasteiger partial charge in [0.1, 0.15) is 5.69 Å². The molecule has 1 amide bonds. The predicted octanol–water partition coefficient (Wildman–Crippen LogP) is 5.07. The quantitative estimate of drug-likeness (QED) is 0.517. The topological polar surface area (TPSA) is 49.0 Å². The normalized spacial score (nSPS) is 16.5. The summed E-state index contributed by atoms with van der Waals surface area (Å²) in [7, 11) is 0. The lowest BCUT2D eigenvalue weighted by Crippen LogP contribution is -2.40. The molecule has 1 atom stereocenters. The zero-order valence-electron chi connectivity index (χ0n) is 14.4. The smallest absolute Gasteiger partial charge is 0.274 e. The molecule has 0 radical (unpaired) electrons. The average molecular weight is 394 g/mol. The Hall–Kier alpha value is -2.63. The number of aromatic nitrogens is 2. The van der Waals surface area contributed by atoms with Crippen LogP contribution in [0.4, 0.5) is 0 Å². The van der Waals surface area contributed by atoms with Crippen LogP contribution in [0.2, 0.25) is 5.02 Å². The third-order valence-corrected chi connectivity index (χ3v) is 6.08. The molecule has 1 N–H and O–H groups in total. The number of carbonyl (C=O) groups excluding carboxylic acids is 1. The molecule has 5 rings (SSSR count). The molecule has 1 aliphatic heterocycles. The molecule has 4 aromatic rings. The summed E-state index contributed by atoms with van der Waals surface area (Å²) in [4.78, 5) is 22.9. The van der Waals surface area contributed by atoms with Gasteiger partial charge in [0.05, 0.1) is 11.6 Å². The number of halogens is 1. The van der Waals surface area contributed by atoms with Gasteiger partial charge in [-0.15, -0.1) is 11.3 Å². The molecule has 4 nitrogen and oxygen atoms in total. The van der Waals surface area contributed by atoms with Gasteiger partial charge in [-0.2, -0.15) is 0 Å². The van der Waals surface area contributed by atoms with Gasteiger partial charge in [-0.25, -0.2) is 4.98 Å². The Morgan fingerprint density at radius 3 is 2.81 bits per heavy atom.